The van der Waals surface area contributed by atoms with Crippen molar-refractivity contribution in [1.29, 1.82) is 0 Å². The van der Waals surface area contributed by atoms with Crippen LogP contribution in [0.1, 0.15) is 10.6 Å². The van der Waals surface area contributed by atoms with Gasteiger partial charge in [0, 0.05) is 17.7 Å². The van der Waals surface area contributed by atoms with Gasteiger partial charge in [0.1, 0.15) is 11.3 Å². The van der Waals surface area contributed by atoms with E-state index in [9.17, 15) is 14.9 Å². The van der Waals surface area contributed by atoms with E-state index in [-0.39, 0.29) is 28.0 Å². The molecule has 7 nitrogen and oxygen atoms in total. The molecule has 2 aromatic carbocycles. The monoisotopic (exact) mass is 414 g/mol. The lowest BCUT2D eigenvalue weighted by atomic mass is 10.1. The highest BCUT2D eigenvalue weighted by molar-refractivity contribution is 7.99. The lowest BCUT2D eigenvalue weighted by Gasteiger charge is -2.01. The van der Waals surface area contributed by atoms with E-state index in [1.54, 1.807) is 18.2 Å². The first-order valence-corrected chi connectivity index (χ1v) is 9.43. The number of aromatic nitrogens is 1. The number of furan rings is 1. The molecule has 0 bridgehead atoms. The van der Waals surface area contributed by atoms with E-state index >= 15 is 0 Å². The highest BCUT2D eigenvalue weighted by Crippen LogP contribution is 2.33. The van der Waals surface area contributed by atoms with Crippen molar-refractivity contribution < 1.29 is 18.6 Å². The van der Waals surface area contributed by atoms with Crippen LogP contribution in [-0.4, -0.2) is 21.4 Å². The summed E-state index contributed by atoms with van der Waals surface area (Å²) in [7, 11) is 0. The van der Waals surface area contributed by atoms with E-state index in [1.807, 2.05) is 18.2 Å². The van der Waals surface area contributed by atoms with E-state index in [0.717, 1.165) is 5.52 Å². The maximum absolute atomic E-state index is 12.4. The molecule has 0 amide bonds. The number of hydrogen-bond donors (Lipinski definition) is 0. The van der Waals surface area contributed by atoms with Crippen molar-refractivity contribution in [3.05, 3.63) is 75.5 Å². The first-order valence-electron chi connectivity index (χ1n) is 8.07. The molecule has 0 radical (unpaired) electrons. The molecule has 0 fully saturated rings. The zero-order chi connectivity index (χ0) is 19.7. The summed E-state index contributed by atoms with van der Waals surface area (Å²) in [5.41, 5.74) is 1.74. The van der Waals surface area contributed by atoms with Crippen molar-refractivity contribution in [1.82, 2.24) is 4.98 Å². The Bertz CT molecular complexity index is 1170. The fourth-order valence-corrected chi connectivity index (χ4v) is 3.54. The lowest BCUT2D eigenvalue weighted by molar-refractivity contribution is -0.384. The van der Waals surface area contributed by atoms with Crippen LogP contribution in [0.5, 0.6) is 0 Å². The number of nitrogens with zero attached hydrogens (tertiary/aromatic N) is 2. The number of para-hydroxylation sites is 2. The molecule has 0 aliphatic heterocycles. The van der Waals surface area contributed by atoms with Crippen LogP contribution < -0.4 is 0 Å². The minimum absolute atomic E-state index is 0.0910. The van der Waals surface area contributed by atoms with Crippen LogP contribution in [0.2, 0.25) is 5.02 Å². The highest BCUT2D eigenvalue weighted by atomic mass is 35.5. The smallest absolute Gasteiger partial charge is 0.270 e. The van der Waals surface area contributed by atoms with Gasteiger partial charge in [0.2, 0.25) is 5.78 Å². The number of carbonyl (C=O) groups is 1. The highest BCUT2D eigenvalue weighted by Gasteiger charge is 2.17. The number of benzene rings is 2. The van der Waals surface area contributed by atoms with E-state index in [1.165, 1.54) is 30.0 Å². The van der Waals surface area contributed by atoms with Gasteiger partial charge >= 0.3 is 0 Å². The molecule has 0 aliphatic carbocycles. The normalized spacial score (nSPS) is 11.0. The van der Waals surface area contributed by atoms with Gasteiger partial charge in [-0.1, -0.05) is 35.5 Å². The number of hydrogen-bond acceptors (Lipinski definition) is 7. The SMILES string of the molecule is O=C(CSc1nc2ccccc2o1)c1ccc(-c2ccc([N+](=O)[O-])cc2Cl)o1. The topological polar surface area (TPSA) is 99.4 Å². The van der Waals surface area contributed by atoms with Gasteiger partial charge in [0.05, 0.1) is 15.7 Å². The molecule has 0 atom stereocenters. The number of non-ortho nitro benzene ring substituents is 1. The van der Waals surface area contributed by atoms with Gasteiger partial charge in [0.25, 0.3) is 10.9 Å². The van der Waals surface area contributed by atoms with Crippen LogP contribution in [0.25, 0.3) is 22.4 Å². The third kappa shape index (κ3) is 3.64. The Morgan fingerprint density at radius 2 is 1.96 bits per heavy atom. The average molecular weight is 415 g/mol. The maximum atomic E-state index is 12.4. The summed E-state index contributed by atoms with van der Waals surface area (Å²) in [6.45, 7) is 0. The number of carbonyl (C=O) groups excluding carboxylic acids is 1. The molecule has 4 rings (SSSR count). The molecule has 0 spiro atoms. The molecule has 0 unspecified atom stereocenters. The molecule has 2 aromatic heterocycles. The first-order chi connectivity index (χ1) is 13.5. The molecule has 9 heteroatoms. The molecule has 4 aromatic rings. The summed E-state index contributed by atoms with van der Waals surface area (Å²) in [6.07, 6.45) is 0. The number of nitro benzene ring substituents is 1. The average Bonchev–Trinajstić information content (AvgIpc) is 3.32. The van der Waals surface area contributed by atoms with Gasteiger partial charge in [-0.3, -0.25) is 14.9 Å². The van der Waals surface area contributed by atoms with Gasteiger partial charge in [-0.15, -0.1) is 0 Å². The molecular weight excluding hydrogens is 404 g/mol. The van der Waals surface area contributed by atoms with Gasteiger partial charge in [-0.25, -0.2) is 4.98 Å². The van der Waals surface area contributed by atoms with Gasteiger partial charge in [-0.2, -0.15) is 0 Å². The predicted octanol–water partition coefficient (Wildman–Crippen LogP) is 5.62. The maximum Gasteiger partial charge on any atom is 0.270 e. The third-order valence-electron chi connectivity index (χ3n) is 3.91. The van der Waals surface area contributed by atoms with Crippen molar-refractivity contribution in [3.8, 4) is 11.3 Å². The molecular formula is C19H11ClN2O5S. The molecule has 0 aliphatic rings. The molecule has 140 valence electrons. The largest absolute Gasteiger partial charge is 0.453 e. The molecule has 0 saturated carbocycles. The number of oxazole rings is 1. The van der Waals surface area contributed by atoms with Gasteiger partial charge in [0.15, 0.2) is 11.3 Å². The fraction of sp³-hybridized carbons (Fsp3) is 0.0526. The van der Waals surface area contributed by atoms with E-state index in [2.05, 4.69) is 4.98 Å². The van der Waals surface area contributed by atoms with Crippen LogP contribution in [-0.2, 0) is 0 Å². The predicted molar refractivity (Wildman–Crippen MR) is 105 cm³/mol. The van der Waals surface area contributed by atoms with E-state index < -0.39 is 4.92 Å². The van der Waals surface area contributed by atoms with Crippen molar-refractivity contribution in [2.24, 2.45) is 0 Å². The summed E-state index contributed by atoms with van der Waals surface area (Å²) < 4.78 is 11.2. The molecule has 2 heterocycles. The first kappa shape index (κ1) is 18.3. The van der Waals surface area contributed by atoms with E-state index in [4.69, 9.17) is 20.4 Å². The number of ketones is 1. The van der Waals surface area contributed by atoms with Crippen LogP contribution in [0.4, 0.5) is 5.69 Å². The lowest BCUT2D eigenvalue weighted by Crippen LogP contribution is -2.00. The van der Waals surface area contributed by atoms with Crippen molar-refractivity contribution in [2.75, 3.05) is 5.75 Å². The van der Waals surface area contributed by atoms with Crippen LogP contribution >= 0.6 is 23.4 Å². The number of fused-ring (bicyclic) bond motifs is 1. The number of Topliss-reactive ketones (excluding diaryl/α,β-unsaturated/α-hetero) is 1. The van der Waals surface area contributed by atoms with Crippen molar-refractivity contribution in [3.63, 3.8) is 0 Å². The number of halogens is 1. The van der Waals surface area contributed by atoms with Gasteiger partial charge in [-0.05, 0) is 30.3 Å². The third-order valence-corrected chi connectivity index (χ3v) is 5.05. The second-order valence-electron chi connectivity index (χ2n) is 5.74. The zero-order valence-corrected chi connectivity index (χ0v) is 15.7. The summed E-state index contributed by atoms with van der Waals surface area (Å²) in [4.78, 5) is 27.0. The Labute approximate surface area is 167 Å². The second-order valence-corrected chi connectivity index (χ2v) is 7.08. The van der Waals surface area contributed by atoms with E-state index in [0.29, 0.717) is 22.1 Å². The Morgan fingerprint density at radius 1 is 1.14 bits per heavy atom. The Morgan fingerprint density at radius 3 is 2.71 bits per heavy atom. The minimum Gasteiger partial charge on any atom is -0.453 e. The van der Waals surface area contributed by atoms with Crippen LogP contribution in [0.15, 0.2) is 68.7 Å². The number of nitro groups is 1. The Balaban J connectivity index is 1.47. The van der Waals surface area contributed by atoms with Gasteiger partial charge < -0.3 is 8.83 Å². The summed E-state index contributed by atoms with van der Waals surface area (Å²) in [6, 6.07) is 14.5. The van der Waals surface area contributed by atoms with Crippen molar-refractivity contribution in [2.45, 2.75) is 5.22 Å². The van der Waals surface area contributed by atoms with Crippen LogP contribution in [0, 0.1) is 10.1 Å². The number of rotatable bonds is 6. The summed E-state index contributed by atoms with van der Waals surface area (Å²) in [5.74, 6) is 0.369. The minimum atomic E-state index is -0.532. The Kier molecular flexibility index (Phi) is 4.89. The zero-order valence-electron chi connectivity index (χ0n) is 14.1. The number of thioether (sulfide) groups is 1. The second kappa shape index (κ2) is 7.49. The molecule has 0 N–H and O–H groups in total. The fourth-order valence-electron chi connectivity index (χ4n) is 2.56. The van der Waals surface area contributed by atoms with Crippen molar-refractivity contribution >= 4 is 45.9 Å². The Hall–Kier alpha value is -3.10. The molecule has 28 heavy (non-hydrogen) atoms. The van der Waals surface area contributed by atoms with Crippen LogP contribution in [0.3, 0.4) is 0 Å². The quantitative estimate of drug-likeness (QED) is 0.174. The molecule has 0 saturated heterocycles. The summed E-state index contributed by atoms with van der Waals surface area (Å²) in [5, 5.41) is 11.4. The summed E-state index contributed by atoms with van der Waals surface area (Å²) >= 11 is 7.28. The standard InChI is InChI=1S/C19H11ClN2O5S/c20-13-9-11(22(24)25)5-6-12(13)16-7-8-18(26-16)15(23)10-28-19-21-14-3-1-2-4-17(14)27-19/h1-9H,10H2.